The molecule has 0 aliphatic heterocycles. The van der Waals surface area contributed by atoms with Gasteiger partial charge in [-0.15, -0.1) is 0 Å². The lowest BCUT2D eigenvalue weighted by Gasteiger charge is -2.22. The molecule has 0 heterocycles. The Balaban J connectivity index is 1.81. The Bertz CT molecular complexity index is 371. The summed E-state index contributed by atoms with van der Waals surface area (Å²) in [5.74, 6) is -0.703. The minimum atomic E-state index is -1.55. The first kappa shape index (κ1) is 13.1. The van der Waals surface area contributed by atoms with E-state index in [9.17, 15) is 9.18 Å². The molecular formula is C15H19FO2. The zero-order valence-corrected chi connectivity index (χ0v) is 10.5. The number of esters is 1. The highest BCUT2D eigenvalue weighted by Crippen LogP contribution is 2.21. The number of rotatable bonds is 4. The number of alkyl halides is 1. The van der Waals surface area contributed by atoms with E-state index in [0.29, 0.717) is 0 Å². The van der Waals surface area contributed by atoms with Crippen LogP contribution >= 0.6 is 0 Å². The molecule has 0 bridgehead atoms. The molecule has 18 heavy (non-hydrogen) atoms. The lowest BCUT2D eigenvalue weighted by molar-refractivity contribution is -0.156. The van der Waals surface area contributed by atoms with Crippen LogP contribution in [0.25, 0.3) is 0 Å². The molecule has 0 saturated heterocycles. The minimum absolute atomic E-state index is 0.0692. The van der Waals surface area contributed by atoms with Crippen LogP contribution in [-0.4, -0.2) is 18.2 Å². The van der Waals surface area contributed by atoms with E-state index in [2.05, 4.69) is 0 Å². The number of halogens is 1. The van der Waals surface area contributed by atoms with Gasteiger partial charge in [0, 0.05) is 6.42 Å². The third-order valence-corrected chi connectivity index (χ3v) is 3.35. The van der Waals surface area contributed by atoms with Crippen LogP contribution in [0, 0.1) is 0 Å². The fraction of sp³-hybridized carbons (Fsp3) is 0.533. The van der Waals surface area contributed by atoms with E-state index >= 15 is 0 Å². The molecule has 98 valence electrons. The number of hydrogen-bond donors (Lipinski definition) is 0. The molecule has 1 saturated carbocycles. The molecule has 0 N–H and O–H groups in total. The van der Waals surface area contributed by atoms with Crippen LogP contribution in [0.1, 0.15) is 37.7 Å². The monoisotopic (exact) mass is 250 g/mol. The van der Waals surface area contributed by atoms with Gasteiger partial charge < -0.3 is 4.74 Å². The fourth-order valence-electron chi connectivity index (χ4n) is 2.33. The van der Waals surface area contributed by atoms with Crippen molar-refractivity contribution >= 4 is 5.97 Å². The highest BCUT2D eigenvalue weighted by Gasteiger charge is 2.24. The molecule has 1 fully saturated rings. The molecule has 0 unspecified atom stereocenters. The largest absolute Gasteiger partial charge is 0.460 e. The van der Waals surface area contributed by atoms with Crippen molar-refractivity contribution in [2.24, 2.45) is 0 Å². The number of benzene rings is 1. The van der Waals surface area contributed by atoms with E-state index in [0.717, 1.165) is 31.2 Å². The van der Waals surface area contributed by atoms with Gasteiger partial charge in [-0.2, -0.15) is 0 Å². The number of carbonyl (C=O) groups excluding carboxylic acids is 1. The first-order valence-corrected chi connectivity index (χ1v) is 6.64. The minimum Gasteiger partial charge on any atom is -0.460 e. The SMILES string of the molecule is O=C(OC1CCCCC1)[C@@H](F)Cc1ccccc1. The van der Waals surface area contributed by atoms with E-state index in [1.54, 1.807) is 0 Å². The molecule has 2 rings (SSSR count). The predicted octanol–water partition coefficient (Wildman–Crippen LogP) is 3.44. The van der Waals surface area contributed by atoms with Crippen molar-refractivity contribution in [3.63, 3.8) is 0 Å². The van der Waals surface area contributed by atoms with Gasteiger partial charge in [0.15, 0.2) is 0 Å². The van der Waals surface area contributed by atoms with E-state index in [4.69, 9.17) is 4.74 Å². The standard InChI is InChI=1S/C15H19FO2/c16-14(11-12-7-3-1-4-8-12)15(17)18-13-9-5-2-6-10-13/h1,3-4,7-8,13-14H,2,5-6,9-11H2/t14-/m0/s1. The van der Waals surface area contributed by atoms with Crippen molar-refractivity contribution < 1.29 is 13.9 Å². The molecule has 0 spiro atoms. The van der Waals surface area contributed by atoms with Crippen LogP contribution in [0.15, 0.2) is 30.3 Å². The summed E-state index contributed by atoms with van der Waals surface area (Å²) in [5.41, 5.74) is 0.825. The first-order chi connectivity index (χ1) is 8.75. The van der Waals surface area contributed by atoms with Gasteiger partial charge >= 0.3 is 5.97 Å². The molecule has 0 radical (unpaired) electrons. The Morgan fingerprint density at radius 1 is 1.22 bits per heavy atom. The van der Waals surface area contributed by atoms with E-state index in [-0.39, 0.29) is 12.5 Å². The summed E-state index contributed by atoms with van der Waals surface area (Å²) in [6.07, 6.45) is 3.59. The molecule has 1 aromatic carbocycles. The van der Waals surface area contributed by atoms with Crippen LogP contribution in [0.3, 0.4) is 0 Å². The van der Waals surface area contributed by atoms with Gasteiger partial charge in [0.05, 0.1) is 0 Å². The van der Waals surface area contributed by atoms with Crippen molar-refractivity contribution in [2.75, 3.05) is 0 Å². The van der Waals surface area contributed by atoms with Crippen molar-refractivity contribution in [1.29, 1.82) is 0 Å². The maximum absolute atomic E-state index is 13.8. The molecule has 2 nitrogen and oxygen atoms in total. The van der Waals surface area contributed by atoms with Gasteiger partial charge in [0.1, 0.15) is 6.10 Å². The van der Waals surface area contributed by atoms with Gasteiger partial charge in [-0.1, -0.05) is 36.8 Å². The number of hydrogen-bond acceptors (Lipinski definition) is 2. The van der Waals surface area contributed by atoms with Crippen LogP contribution in [0.2, 0.25) is 0 Å². The second-order valence-electron chi connectivity index (χ2n) is 4.85. The normalized spacial score (nSPS) is 18.3. The highest BCUT2D eigenvalue weighted by atomic mass is 19.1. The Morgan fingerprint density at radius 3 is 2.56 bits per heavy atom. The molecule has 1 aliphatic carbocycles. The zero-order chi connectivity index (χ0) is 12.8. The summed E-state index contributed by atoms with van der Waals surface area (Å²) in [4.78, 5) is 11.6. The second-order valence-corrected chi connectivity index (χ2v) is 4.85. The van der Waals surface area contributed by atoms with Crippen LogP contribution in [0.5, 0.6) is 0 Å². The van der Waals surface area contributed by atoms with E-state index in [1.807, 2.05) is 30.3 Å². The van der Waals surface area contributed by atoms with Gasteiger partial charge in [-0.25, -0.2) is 9.18 Å². The van der Waals surface area contributed by atoms with E-state index in [1.165, 1.54) is 6.42 Å². The smallest absolute Gasteiger partial charge is 0.341 e. The maximum Gasteiger partial charge on any atom is 0.341 e. The molecular weight excluding hydrogens is 231 g/mol. The summed E-state index contributed by atoms with van der Waals surface area (Å²) in [5, 5.41) is 0. The molecule has 0 amide bonds. The summed E-state index contributed by atoms with van der Waals surface area (Å²) in [6.45, 7) is 0. The third kappa shape index (κ3) is 3.83. The second kappa shape index (κ2) is 6.53. The van der Waals surface area contributed by atoms with Crippen molar-refractivity contribution in [3.8, 4) is 0 Å². The third-order valence-electron chi connectivity index (χ3n) is 3.35. The first-order valence-electron chi connectivity index (χ1n) is 6.64. The van der Waals surface area contributed by atoms with Gasteiger partial charge in [0.25, 0.3) is 0 Å². The van der Waals surface area contributed by atoms with Gasteiger partial charge in [-0.05, 0) is 31.2 Å². The lowest BCUT2D eigenvalue weighted by atomic mass is 9.98. The molecule has 3 heteroatoms. The van der Waals surface area contributed by atoms with Crippen LogP contribution in [-0.2, 0) is 16.0 Å². The topological polar surface area (TPSA) is 26.3 Å². The van der Waals surface area contributed by atoms with Crippen molar-refractivity contribution in [3.05, 3.63) is 35.9 Å². The fourth-order valence-corrected chi connectivity index (χ4v) is 2.33. The van der Waals surface area contributed by atoms with E-state index < -0.39 is 12.1 Å². The Kier molecular flexibility index (Phi) is 4.73. The Labute approximate surface area is 107 Å². The molecule has 1 atom stereocenters. The maximum atomic E-state index is 13.8. The molecule has 1 aromatic rings. The number of ether oxygens (including phenoxy) is 1. The van der Waals surface area contributed by atoms with Crippen LogP contribution in [0.4, 0.5) is 4.39 Å². The molecule has 1 aliphatic rings. The average Bonchev–Trinajstić information content (AvgIpc) is 2.41. The molecule has 0 aromatic heterocycles. The Hall–Kier alpha value is -1.38. The highest BCUT2D eigenvalue weighted by molar-refractivity contribution is 5.75. The number of carbonyl (C=O) groups is 1. The zero-order valence-electron chi connectivity index (χ0n) is 10.5. The lowest BCUT2D eigenvalue weighted by Crippen LogP contribution is -2.28. The summed E-state index contributed by atoms with van der Waals surface area (Å²) < 4.78 is 19.0. The quantitative estimate of drug-likeness (QED) is 0.765. The summed E-state index contributed by atoms with van der Waals surface area (Å²) in [6, 6.07) is 9.20. The summed E-state index contributed by atoms with van der Waals surface area (Å²) >= 11 is 0. The Morgan fingerprint density at radius 2 is 1.89 bits per heavy atom. The van der Waals surface area contributed by atoms with Crippen LogP contribution < -0.4 is 0 Å². The van der Waals surface area contributed by atoms with Crippen molar-refractivity contribution in [2.45, 2.75) is 50.8 Å². The van der Waals surface area contributed by atoms with Gasteiger partial charge in [-0.3, -0.25) is 0 Å². The van der Waals surface area contributed by atoms with Gasteiger partial charge in [0.2, 0.25) is 6.17 Å². The summed E-state index contributed by atoms with van der Waals surface area (Å²) in [7, 11) is 0. The predicted molar refractivity (Wildman–Crippen MR) is 68.0 cm³/mol. The van der Waals surface area contributed by atoms with Crippen molar-refractivity contribution in [1.82, 2.24) is 0 Å². The average molecular weight is 250 g/mol.